The molecule has 4 N–H and O–H groups in total. The van der Waals surface area contributed by atoms with Crippen LogP contribution in [0.2, 0.25) is 0 Å². The van der Waals surface area contributed by atoms with Gasteiger partial charge in [0.15, 0.2) is 0 Å². The van der Waals surface area contributed by atoms with Gasteiger partial charge in [-0.1, -0.05) is 5.16 Å². The summed E-state index contributed by atoms with van der Waals surface area (Å²) in [5.41, 5.74) is 2.73. The molecular formula is C26H27N7O3. The van der Waals surface area contributed by atoms with Crippen LogP contribution in [-0.4, -0.2) is 47.7 Å². The van der Waals surface area contributed by atoms with Crippen LogP contribution in [0.15, 0.2) is 47.5 Å². The summed E-state index contributed by atoms with van der Waals surface area (Å²) in [5.74, 6) is 1.27. The summed E-state index contributed by atoms with van der Waals surface area (Å²) >= 11 is 0. The molecule has 4 aliphatic carbocycles. The highest BCUT2D eigenvalue weighted by atomic mass is 16.5. The Morgan fingerprint density at radius 1 is 1.17 bits per heavy atom. The first-order chi connectivity index (χ1) is 17.5. The van der Waals surface area contributed by atoms with Crippen LogP contribution in [0, 0.1) is 17.8 Å². The van der Waals surface area contributed by atoms with Gasteiger partial charge in [0.1, 0.15) is 5.65 Å². The molecule has 0 saturated heterocycles. The molecule has 36 heavy (non-hydrogen) atoms. The summed E-state index contributed by atoms with van der Waals surface area (Å²) in [6, 6.07) is 5.91. The molecule has 1 amide bonds. The van der Waals surface area contributed by atoms with Crippen molar-refractivity contribution in [3.8, 4) is 11.5 Å². The lowest BCUT2D eigenvalue weighted by Gasteiger charge is -2.58. The van der Waals surface area contributed by atoms with Crippen LogP contribution in [0.1, 0.15) is 48.3 Å². The van der Waals surface area contributed by atoms with E-state index in [9.17, 15) is 9.90 Å². The largest absolute Gasteiger partial charge is 0.390 e. The van der Waals surface area contributed by atoms with E-state index in [1.165, 1.54) is 0 Å². The number of carbonyl (C=O) groups excluding carboxylic acids is 1. The molecule has 0 aliphatic heterocycles. The third-order valence-electron chi connectivity index (χ3n) is 8.20. The van der Waals surface area contributed by atoms with Gasteiger partial charge in [0, 0.05) is 42.8 Å². The molecule has 10 nitrogen and oxygen atoms in total. The minimum atomic E-state index is -0.496. The maximum absolute atomic E-state index is 12.7. The number of aliphatic hydroxyl groups is 1. The molecule has 8 rings (SSSR count). The van der Waals surface area contributed by atoms with Gasteiger partial charge < -0.3 is 25.2 Å². The van der Waals surface area contributed by atoms with E-state index in [1.54, 1.807) is 18.6 Å². The van der Waals surface area contributed by atoms with Crippen LogP contribution in [0.4, 0.5) is 5.69 Å². The summed E-state index contributed by atoms with van der Waals surface area (Å²) in [4.78, 5) is 28.8. The van der Waals surface area contributed by atoms with Crippen molar-refractivity contribution >= 4 is 22.6 Å². The van der Waals surface area contributed by atoms with Gasteiger partial charge in [0.2, 0.25) is 0 Å². The molecule has 10 heteroatoms. The van der Waals surface area contributed by atoms with Crippen molar-refractivity contribution in [2.75, 3.05) is 5.32 Å². The highest BCUT2D eigenvalue weighted by Gasteiger charge is 2.54. The van der Waals surface area contributed by atoms with Crippen LogP contribution in [0.3, 0.4) is 0 Å². The van der Waals surface area contributed by atoms with Crippen molar-refractivity contribution < 1.29 is 14.4 Å². The fourth-order valence-corrected chi connectivity index (χ4v) is 6.90. The third kappa shape index (κ3) is 3.63. The topological polar surface area (TPSA) is 142 Å². The average Bonchev–Trinajstić information content (AvgIpc) is 3.54. The van der Waals surface area contributed by atoms with Crippen molar-refractivity contribution in [2.24, 2.45) is 17.8 Å². The normalized spacial score (nSPS) is 28.5. The first kappa shape index (κ1) is 21.5. The van der Waals surface area contributed by atoms with Gasteiger partial charge in [-0.15, -0.1) is 0 Å². The Kier molecular flexibility index (Phi) is 4.85. The van der Waals surface area contributed by atoms with Crippen LogP contribution in [0.5, 0.6) is 0 Å². The molecule has 4 aliphatic rings. The zero-order chi connectivity index (χ0) is 24.3. The first-order valence-electron chi connectivity index (χ1n) is 12.5. The number of H-pyrrole nitrogens is 1. The van der Waals surface area contributed by atoms with Gasteiger partial charge in [0.05, 0.1) is 16.9 Å². The van der Waals surface area contributed by atoms with Gasteiger partial charge in [-0.2, -0.15) is 4.98 Å². The monoisotopic (exact) mass is 485 g/mol. The summed E-state index contributed by atoms with van der Waals surface area (Å²) in [5, 5.41) is 22.5. The molecule has 4 aromatic rings. The number of fused-ring (bicyclic) bond motifs is 1. The Bertz CT molecular complexity index is 1420. The van der Waals surface area contributed by atoms with Crippen LogP contribution >= 0.6 is 0 Å². The highest BCUT2D eigenvalue weighted by Crippen LogP contribution is 2.56. The van der Waals surface area contributed by atoms with Crippen LogP contribution in [0.25, 0.3) is 22.5 Å². The SMILES string of the molecule is O=C(NCc1ccncc1)c1noc(-c2cnc3[nH]ccc3c2N[C@H]2[C@@H]3CC4C[C@H]2C[C@@](O)(C4)C3)n1. The Balaban J connectivity index is 1.17. The number of nitrogens with zero attached hydrogens (tertiary/aromatic N) is 4. The number of hydrogen-bond donors (Lipinski definition) is 4. The third-order valence-corrected chi connectivity index (χ3v) is 8.20. The number of carbonyl (C=O) groups is 1. The van der Waals surface area contributed by atoms with E-state index >= 15 is 0 Å². The number of anilines is 1. The molecule has 4 fully saturated rings. The van der Waals surface area contributed by atoms with Crippen molar-refractivity contribution in [3.63, 3.8) is 0 Å². The van der Waals surface area contributed by atoms with Crippen molar-refractivity contribution in [1.82, 2.24) is 30.4 Å². The lowest BCUT2D eigenvalue weighted by Crippen LogP contribution is -2.59. The van der Waals surface area contributed by atoms with Gasteiger partial charge in [-0.05, 0) is 73.6 Å². The maximum Gasteiger partial charge on any atom is 0.292 e. The van der Waals surface area contributed by atoms with E-state index in [1.807, 2.05) is 24.4 Å². The Labute approximate surface area is 206 Å². The number of rotatable bonds is 6. The predicted molar refractivity (Wildman–Crippen MR) is 131 cm³/mol. The molecule has 184 valence electrons. The standard InChI is InChI=1S/C26H27N7O3/c34-24(30-12-14-1-4-27-5-2-14)23-32-25(36-33-23)19-13-29-22-18(3-6-28-22)21(19)31-20-16-7-15-8-17(20)11-26(35,9-15)10-16/h1-6,13,15-17,20,35H,7-12H2,(H,30,34)(H2,28,29,31)/t15?,16-,17+,20+,26-. The minimum Gasteiger partial charge on any atom is -0.390 e. The number of amides is 1. The van der Waals surface area contributed by atoms with Gasteiger partial charge in [-0.3, -0.25) is 9.78 Å². The number of nitrogens with one attached hydrogen (secondary N) is 3. The van der Waals surface area contributed by atoms with E-state index in [0.717, 1.165) is 54.4 Å². The molecular weight excluding hydrogens is 458 g/mol. The van der Waals surface area contributed by atoms with E-state index in [0.29, 0.717) is 29.9 Å². The molecule has 4 saturated carbocycles. The molecule has 4 aromatic heterocycles. The zero-order valence-corrected chi connectivity index (χ0v) is 19.6. The fourth-order valence-electron chi connectivity index (χ4n) is 6.90. The Hall–Kier alpha value is -3.79. The molecule has 0 aromatic carbocycles. The summed E-state index contributed by atoms with van der Waals surface area (Å²) in [7, 11) is 0. The van der Waals surface area contributed by atoms with Gasteiger partial charge in [0.25, 0.3) is 17.6 Å². The van der Waals surface area contributed by atoms with E-state index in [2.05, 4.69) is 35.7 Å². The molecule has 5 atom stereocenters. The van der Waals surface area contributed by atoms with Crippen molar-refractivity contribution in [1.29, 1.82) is 0 Å². The number of hydrogen-bond acceptors (Lipinski definition) is 8. The molecule has 4 bridgehead atoms. The molecule has 1 unspecified atom stereocenters. The van der Waals surface area contributed by atoms with Gasteiger partial charge >= 0.3 is 0 Å². The van der Waals surface area contributed by atoms with E-state index < -0.39 is 11.5 Å². The molecule has 4 heterocycles. The molecule has 0 radical (unpaired) electrons. The Morgan fingerprint density at radius 3 is 2.75 bits per heavy atom. The molecule has 0 spiro atoms. The second-order valence-electron chi connectivity index (χ2n) is 10.6. The van der Waals surface area contributed by atoms with Crippen LogP contribution < -0.4 is 10.6 Å². The summed E-state index contributed by atoms with van der Waals surface area (Å²) < 4.78 is 5.55. The summed E-state index contributed by atoms with van der Waals surface area (Å²) in [6.45, 7) is 0.340. The minimum absolute atomic E-state index is 0.0315. The second kappa shape index (κ2) is 8.12. The summed E-state index contributed by atoms with van der Waals surface area (Å²) in [6.07, 6.45) is 11.9. The van der Waals surface area contributed by atoms with E-state index in [-0.39, 0.29) is 17.8 Å². The second-order valence-corrected chi connectivity index (χ2v) is 10.6. The Morgan fingerprint density at radius 2 is 1.97 bits per heavy atom. The predicted octanol–water partition coefficient (Wildman–Crippen LogP) is 3.29. The first-order valence-corrected chi connectivity index (χ1v) is 12.5. The van der Waals surface area contributed by atoms with Crippen molar-refractivity contribution in [2.45, 2.75) is 50.3 Å². The lowest BCUT2D eigenvalue weighted by atomic mass is 9.52. The maximum atomic E-state index is 12.7. The smallest absolute Gasteiger partial charge is 0.292 e. The fraction of sp³-hybridized carbons (Fsp3) is 0.423. The van der Waals surface area contributed by atoms with Crippen molar-refractivity contribution in [3.05, 3.63) is 54.4 Å². The quantitative estimate of drug-likeness (QED) is 0.326. The lowest BCUT2D eigenvalue weighted by molar-refractivity contribution is -0.129. The number of aromatic nitrogens is 5. The van der Waals surface area contributed by atoms with Gasteiger partial charge in [-0.25, -0.2) is 4.98 Å². The number of aromatic amines is 1. The zero-order valence-electron chi connectivity index (χ0n) is 19.6. The van der Waals surface area contributed by atoms with Crippen LogP contribution in [-0.2, 0) is 6.54 Å². The highest BCUT2D eigenvalue weighted by molar-refractivity contribution is 5.97. The number of pyridine rings is 2. The average molecular weight is 486 g/mol. The van der Waals surface area contributed by atoms with E-state index in [4.69, 9.17) is 4.52 Å².